The first-order valence-electron chi connectivity index (χ1n) is 20.5. The molecule has 4 saturated heterocycles. The van der Waals surface area contributed by atoms with Crippen LogP contribution in [-0.4, -0.2) is 110 Å². The lowest BCUT2D eigenvalue weighted by Crippen LogP contribution is -2.61. The molecule has 8 rings (SSSR count). The first kappa shape index (κ1) is 39.3. The van der Waals surface area contributed by atoms with E-state index in [4.69, 9.17) is 29.2 Å². The number of fused-ring (bicyclic) bond motifs is 2. The van der Waals surface area contributed by atoms with Gasteiger partial charge in [-0.3, -0.25) is 9.79 Å². The van der Waals surface area contributed by atoms with Crippen LogP contribution in [0.15, 0.2) is 42.4 Å². The van der Waals surface area contributed by atoms with E-state index in [2.05, 4.69) is 35.9 Å². The highest BCUT2D eigenvalue weighted by Gasteiger charge is 2.46. The van der Waals surface area contributed by atoms with Gasteiger partial charge in [-0.2, -0.15) is 23.1 Å². The zero-order valence-corrected chi connectivity index (χ0v) is 33.1. The molecule has 1 unspecified atom stereocenters. The summed E-state index contributed by atoms with van der Waals surface area (Å²) in [4.78, 5) is 33.5. The van der Waals surface area contributed by atoms with E-state index in [0.29, 0.717) is 54.4 Å². The molecule has 1 amide bonds. The lowest BCUT2D eigenvalue weighted by Gasteiger charge is -2.54. The summed E-state index contributed by atoms with van der Waals surface area (Å²) in [6, 6.07) is 6.08. The molecule has 10 nitrogen and oxygen atoms in total. The highest BCUT2D eigenvalue weighted by Crippen LogP contribution is 2.49. The number of hydrogen-bond donors (Lipinski definition) is 0. The van der Waals surface area contributed by atoms with Crippen LogP contribution in [0.3, 0.4) is 0 Å². The molecule has 0 aliphatic carbocycles. The Hall–Kier alpha value is -4.49. The molecular formula is C44H53F3N6O4. The van der Waals surface area contributed by atoms with E-state index in [-0.39, 0.29) is 40.7 Å². The van der Waals surface area contributed by atoms with Crippen LogP contribution in [0, 0.1) is 18.3 Å². The Bertz CT molecular complexity index is 2040. The molecule has 0 radical (unpaired) electrons. The largest absolute Gasteiger partial charge is 0.481 e. The molecule has 2 aromatic carbocycles. The molecule has 13 heteroatoms. The van der Waals surface area contributed by atoms with Crippen molar-refractivity contribution in [2.45, 2.75) is 77.1 Å². The lowest BCUT2D eigenvalue weighted by atomic mass is 9.72. The molecule has 0 bridgehead atoms. The standard InChI is InChI=1S/C44H53F3N6O4/c1-5-30-22-33-39(40(56-27-44(45,46)47)38(30)37-28(4)8-9-32-34(37)23-48-35(32)6-2)49-42(57-31-10-16-51(17-11-31)24-29-12-20-55-21-13-29)50-41(33)52-18-14-43(15-19-52)25-53(26-43)36(54)7-3/h5,7-9,22-23,29,31,35H,1,3,6,10-21,24-27H2,2,4H3. The van der Waals surface area contributed by atoms with Gasteiger partial charge in [-0.25, -0.2) is 0 Å². The van der Waals surface area contributed by atoms with Crippen LogP contribution in [0.4, 0.5) is 19.0 Å². The Morgan fingerprint density at radius 2 is 1.77 bits per heavy atom. The number of aromatic nitrogens is 2. The quantitative estimate of drug-likeness (QED) is 0.181. The number of carbonyl (C=O) groups is 1. The lowest BCUT2D eigenvalue weighted by molar-refractivity contribution is -0.153. The summed E-state index contributed by atoms with van der Waals surface area (Å²) >= 11 is 0. The van der Waals surface area contributed by atoms with E-state index >= 15 is 0 Å². The number of nitrogens with zero attached hydrogens (tertiary/aromatic N) is 6. The Labute approximate surface area is 332 Å². The van der Waals surface area contributed by atoms with Gasteiger partial charge in [0.15, 0.2) is 12.4 Å². The number of aryl methyl sites for hydroxylation is 1. The number of carbonyl (C=O) groups excluding carboxylic acids is 1. The molecule has 304 valence electrons. The van der Waals surface area contributed by atoms with E-state index in [1.54, 1.807) is 6.08 Å². The van der Waals surface area contributed by atoms with Crippen molar-refractivity contribution >= 4 is 34.9 Å². The molecule has 57 heavy (non-hydrogen) atoms. The first-order chi connectivity index (χ1) is 27.5. The minimum atomic E-state index is -4.60. The third-order valence-electron chi connectivity index (χ3n) is 12.7. The molecule has 3 aromatic rings. The van der Waals surface area contributed by atoms with E-state index in [0.717, 1.165) is 100 Å². The van der Waals surface area contributed by atoms with Gasteiger partial charge in [0, 0.05) is 87.2 Å². The van der Waals surface area contributed by atoms with Gasteiger partial charge in [0.2, 0.25) is 5.91 Å². The third-order valence-corrected chi connectivity index (χ3v) is 12.7. The topological polar surface area (TPSA) is 92.6 Å². The number of halogens is 3. The second-order valence-electron chi connectivity index (χ2n) is 16.5. The maximum Gasteiger partial charge on any atom is 0.422 e. The maximum absolute atomic E-state index is 14.1. The number of likely N-dealkylation sites (tertiary alicyclic amines) is 2. The Kier molecular flexibility index (Phi) is 11.1. The molecular weight excluding hydrogens is 734 g/mol. The van der Waals surface area contributed by atoms with Gasteiger partial charge in [0.1, 0.15) is 17.4 Å². The van der Waals surface area contributed by atoms with Gasteiger partial charge in [-0.15, -0.1) is 0 Å². The molecule has 1 spiro atoms. The second kappa shape index (κ2) is 16.0. The van der Waals surface area contributed by atoms with Crippen molar-refractivity contribution < 1.29 is 32.2 Å². The van der Waals surface area contributed by atoms with Gasteiger partial charge in [-0.05, 0) is 92.2 Å². The summed E-state index contributed by atoms with van der Waals surface area (Å²) in [6.45, 7) is 17.4. The van der Waals surface area contributed by atoms with Crippen molar-refractivity contribution in [1.82, 2.24) is 19.8 Å². The summed E-state index contributed by atoms with van der Waals surface area (Å²) < 4.78 is 60.5. The summed E-state index contributed by atoms with van der Waals surface area (Å²) in [5.41, 5.74) is 4.91. The van der Waals surface area contributed by atoms with Crippen molar-refractivity contribution in [2.24, 2.45) is 16.3 Å². The number of amides is 1. The Morgan fingerprint density at radius 1 is 1.04 bits per heavy atom. The summed E-state index contributed by atoms with van der Waals surface area (Å²) in [6.07, 6.45) is 6.31. The highest BCUT2D eigenvalue weighted by atomic mass is 19.4. The highest BCUT2D eigenvalue weighted by molar-refractivity contribution is 6.06. The van der Waals surface area contributed by atoms with Crippen LogP contribution >= 0.6 is 0 Å². The number of benzene rings is 2. The number of rotatable bonds is 11. The van der Waals surface area contributed by atoms with Crippen LogP contribution in [0.5, 0.6) is 11.8 Å². The van der Waals surface area contributed by atoms with E-state index < -0.39 is 12.8 Å². The fraction of sp³-hybridized carbons (Fsp3) is 0.545. The molecule has 5 aliphatic heterocycles. The predicted octanol–water partition coefficient (Wildman–Crippen LogP) is 7.96. The summed E-state index contributed by atoms with van der Waals surface area (Å²) in [7, 11) is 0. The van der Waals surface area contributed by atoms with Crippen LogP contribution in [0.25, 0.3) is 28.1 Å². The predicted molar refractivity (Wildman–Crippen MR) is 216 cm³/mol. The number of ether oxygens (including phenoxy) is 3. The molecule has 1 atom stereocenters. The minimum Gasteiger partial charge on any atom is -0.481 e. The molecule has 1 aromatic heterocycles. The van der Waals surface area contributed by atoms with Crippen molar-refractivity contribution in [2.75, 3.05) is 70.5 Å². The fourth-order valence-electron chi connectivity index (χ4n) is 9.51. The van der Waals surface area contributed by atoms with Gasteiger partial charge >= 0.3 is 12.2 Å². The smallest absolute Gasteiger partial charge is 0.422 e. The normalized spacial score (nSPS) is 21.5. The maximum atomic E-state index is 14.1. The van der Waals surface area contributed by atoms with Gasteiger partial charge in [0.25, 0.3) is 0 Å². The molecule has 5 aliphatic rings. The summed E-state index contributed by atoms with van der Waals surface area (Å²) in [5, 5.41) is 0.572. The van der Waals surface area contributed by atoms with E-state index in [1.807, 2.05) is 30.2 Å². The monoisotopic (exact) mass is 786 g/mol. The minimum absolute atomic E-state index is 0.0134. The van der Waals surface area contributed by atoms with Crippen LogP contribution < -0.4 is 14.4 Å². The number of hydrogen-bond acceptors (Lipinski definition) is 9. The van der Waals surface area contributed by atoms with Crippen molar-refractivity contribution in [3.63, 3.8) is 0 Å². The fourth-order valence-corrected chi connectivity index (χ4v) is 9.51. The van der Waals surface area contributed by atoms with Gasteiger partial charge in [-0.1, -0.05) is 38.3 Å². The van der Waals surface area contributed by atoms with Gasteiger partial charge in [0.05, 0.1) is 6.04 Å². The van der Waals surface area contributed by atoms with Crippen molar-refractivity contribution in [1.29, 1.82) is 0 Å². The SMILES string of the molecule is C=CC(=O)N1CC2(CCN(c3nc(OC4CCN(CC5CCOCC5)CC4)nc4c(OCC(F)(F)F)c(-c5c(C)ccc6c5C=NC6CC)c(C=C)cc34)CC2)C1. The van der Waals surface area contributed by atoms with Crippen molar-refractivity contribution in [3.8, 4) is 22.9 Å². The van der Waals surface area contributed by atoms with Crippen LogP contribution in [-0.2, 0) is 9.53 Å². The number of alkyl halides is 3. The molecule has 6 heterocycles. The van der Waals surface area contributed by atoms with E-state index in [9.17, 15) is 18.0 Å². The average Bonchev–Trinajstić information content (AvgIpc) is 3.62. The van der Waals surface area contributed by atoms with Crippen LogP contribution in [0.2, 0.25) is 0 Å². The molecule has 4 fully saturated rings. The Morgan fingerprint density at radius 3 is 2.44 bits per heavy atom. The van der Waals surface area contributed by atoms with E-state index in [1.165, 1.54) is 6.08 Å². The number of piperidine rings is 2. The Balaban J connectivity index is 1.20. The summed E-state index contributed by atoms with van der Waals surface area (Å²) in [5.74, 6) is 1.19. The van der Waals surface area contributed by atoms with Crippen molar-refractivity contribution in [3.05, 3.63) is 59.7 Å². The zero-order valence-electron chi connectivity index (χ0n) is 33.1. The average molecular weight is 787 g/mol. The number of aliphatic imine (C=N–C) groups is 1. The first-order valence-corrected chi connectivity index (χ1v) is 20.5. The second-order valence-corrected chi connectivity index (χ2v) is 16.5. The zero-order chi connectivity index (χ0) is 39.9. The molecule has 0 N–H and O–H groups in total. The number of anilines is 1. The van der Waals surface area contributed by atoms with Gasteiger partial charge < -0.3 is 28.9 Å². The molecule has 0 saturated carbocycles. The van der Waals surface area contributed by atoms with Crippen LogP contribution in [0.1, 0.15) is 80.2 Å². The third kappa shape index (κ3) is 8.02.